The van der Waals surface area contributed by atoms with Crippen LogP contribution in [0.25, 0.3) is 0 Å². The van der Waals surface area contributed by atoms with Gasteiger partial charge in [-0.05, 0) is 24.5 Å². The molecule has 0 spiro atoms. The quantitative estimate of drug-likeness (QED) is 0.244. The molecule has 0 unspecified atom stereocenters. The highest BCUT2D eigenvalue weighted by Crippen LogP contribution is 2.20. The number of aryl methyl sites for hydroxylation is 1. The summed E-state index contributed by atoms with van der Waals surface area (Å²) >= 11 is 0. The van der Waals surface area contributed by atoms with Crippen LogP contribution in [-0.4, -0.2) is 6.47 Å². The van der Waals surface area contributed by atoms with Crippen LogP contribution in [0.1, 0.15) is 96.0 Å². The molecule has 0 heterocycles. The van der Waals surface area contributed by atoms with Gasteiger partial charge in [-0.15, -0.1) is 0 Å². The van der Waals surface area contributed by atoms with Crippen molar-refractivity contribution in [2.24, 2.45) is 0 Å². The van der Waals surface area contributed by atoms with E-state index in [4.69, 9.17) is 4.74 Å². The first kappa shape index (κ1) is 20.7. The van der Waals surface area contributed by atoms with Gasteiger partial charge < -0.3 is 4.74 Å². The fraction of sp³-hybridized carbons (Fsp3) is 0.682. The summed E-state index contributed by atoms with van der Waals surface area (Å²) in [6.07, 6.45) is 18.8. The van der Waals surface area contributed by atoms with Gasteiger partial charge >= 0.3 is 0 Å². The van der Waals surface area contributed by atoms with Crippen molar-refractivity contribution in [3.8, 4) is 5.75 Å². The molecule has 0 aliphatic heterocycles. The molecule has 0 saturated heterocycles. The Bertz CT molecular complexity index is 414. The second kappa shape index (κ2) is 15.2. The smallest absolute Gasteiger partial charge is 0.298 e. The van der Waals surface area contributed by atoms with Crippen LogP contribution >= 0.6 is 0 Å². The van der Waals surface area contributed by atoms with Crippen molar-refractivity contribution in [3.63, 3.8) is 0 Å². The molecule has 0 bridgehead atoms. The van der Waals surface area contributed by atoms with Crippen LogP contribution in [0, 0.1) is 0 Å². The average Bonchev–Trinajstić information content (AvgIpc) is 2.60. The molecule has 0 N–H and O–H groups in total. The Hall–Kier alpha value is -1.31. The van der Waals surface area contributed by atoms with Gasteiger partial charge in [-0.25, -0.2) is 0 Å². The van der Waals surface area contributed by atoms with Crippen molar-refractivity contribution in [1.82, 2.24) is 0 Å². The van der Waals surface area contributed by atoms with Gasteiger partial charge in [-0.1, -0.05) is 102 Å². The lowest BCUT2D eigenvalue weighted by Crippen LogP contribution is -1.95. The number of carbonyl (C=O) groups excluding carboxylic acids is 1. The molecule has 1 aromatic carbocycles. The minimum atomic E-state index is 0.517. The molecular weight excluding hydrogens is 296 g/mol. The normalized spacial score (nSPS) is 10.7. The summed E-state index contributed by atoms with van der Waals surface area (Å²) in [6.45, 7) is 2.79. The molecular formula is C22H36O2. The van der Waals surface area contributed by atoms with E-state index in [9.17, 15) is 4.79 Å². The van der Waals surface area contributed by atoms with E-state index in [2.05, 4.69) is 13.0 Å². The van der Waals surface area contributed by atoms with E-state index >= 15 is 0 Å². The first-order valence-electron chi connectivity index (χ1n) is 10.1. The lowest BCUT2D eigenvalue weighted by molar-refractivity contribution is -0.120. The highest BCUT2D eigenvalue weighted by Gasteiger charge is 2.02. The topological polar surface area (TPSA) is 26.3 Å². The summed E-state index contributed by atoms with van der Waals surface area (Å²) in [5, 5.41) is 0. The maximum atomic E-state index is 10.5. The van der Waals surface area contributed by atoms with E-state index in [-0.39, 0.29) is 0 Å². The Morgan fingerprint density at radius 3 is 1.79 bits per heavy atom. The van der Waals surface area contributed by atoms with Gasteiger partial charge in [-0.2, -0.15) is 0 Å². The number of unbranched alkanes of at least 4 members (excludes halogenated alkanes) is 12. The Labute approximate surface area is 149 Å². The van der Waals surface area contributed by atoms with Gasteiger partial charge in [0.15, 0.2) is 0 Å². The van der Waals surface area contributed by atoms with Crippen LogP contribution in [0.4, 0.5) is 0 Å². The maximum Gasteiger partial charge on any atom is 0.298 e. The minimum Gasteiger partial charge on any atom is -0.428 e. The number of rotatable bonds is 16. The van der Waals surface area contributed by atoms with Crippen molar-refractivity contribution in [2.75, 3.05) is 0 Å². The highest BCUT2D eigenvalue weighted by molar-refractivity contribution is 5.47. The molecule has 0 radical (unpaired) electrons. The molecule has 0 aliphatic carbocycles. The third-order valence-electron chi connectivity index (χ3n) is 4.70. The van der Waals surface area contributed by atoms with Gasteiger partial charge in [0, 0.05) is 0 Å². The maximum absolute atomic E-state index is 10.5. The average molecular weight is 333 g/mol. The number of ether oxygens (including phenoxy) is 1. The van der Waals surface area contributed by atoms with Crippen molar-refractivity contribution in [3.05, 3.63) is 29.8 Å². The summed E-state index contributed by atoms with van der Waals surface area (Å²) in [4.78, 5) is 10.5. The molecule has 0 amide bonds. The summed E-state index contributed by atoms with van der Waals surface area (Å²) in [7, 11) is 0. The largest absolute Gasteiger partial charge is 0.428 e. The first-order valence-corrected chi connectivity index (χ1v) is 10.1. The fourth-order valence-electron chi connectivity index (χ4n) is 3.21. The van der Waals surface area contributed by atoms with E-state index in [1.807, 2.05) is 18.2 Å². The van der Waals surface area contributed by atoms with Crippen LogP contribution in [0.15, 0.2) is 24.3 Å². The fourth-order valence-corrected chi connectivity index (χ4v) is 3.21. The first-order chi connectivity index (χ1) is 11.9. The van der Waals surface area contributed by atoms with E-state index < -0.39 is 0 Å². The van der Waals surface area contributed by atoms with Gasteiger partial charge in [0.2, 0.25) is 0 Å². The minimum absolute atomic E-state index is 0.517. The van der Waals surface area contributed by atoms with E-state index in [1.165, 1.54) is 83.5 Å². The van der Waals surface area contributed by atoms with Gasteiger partial charge in [-0.3, -0.25) is 4.79 Å². The number of para-hydroxylation sites is 1. The zero-order valence-electron chi connectivity index (χ0n) is 15.6. The molecule has 0 atom stereocenters. The lowest BCUT2D eigenvalue weighted by Gasteiger charge is -2.07. The second-order valence-electron chi connectivity index (χ2n) is 6.81. The molecule has 1 aromatic rings. The Balaban J connectivity index is 1.91. The van der Waals surface area contributed by atoms with E-state index in [0.717, 1.165) is 12.0 Å². The molecule has 0 aliphatic rings. The van der Waals surface area contributed by atoms with Crippen molar-refractivity contribution in [1.29, 1.82) is 0 Å². The van der Waals surface area contributed by atoms with Gasteiger partial charge in [0.05, 0.1) is 0 Å². The Morgan fingerprint density at radius 2 is 1.25 bits per heavy atom. The summed E-state index contributed by atoms with van der Waals surface area (Å²) in [5.41, 5.74) is 1.15. The lowest BCUT2D eigenvalue weighted by atomic mass is 10.0. The van der Waals surface area contributed by atoms with Crippen LogP contribution in [0.2, 0.25) is 0 Å². The third-order valence-corrected chi connectivity index (χ3v) is 4.70. The molecule has 1 rings (SSSR count). The van der Waals surface area contributed by atoms with E-state index in [1.54, 1.807) is 0 Å². The number of carbonyl (C=O) groups is 1. The van der Waals surface area contributed by atoms with Crippen LogP contribution in [0.5, 0.6) is 5.75 Å². The predicted octanol–water partition coefficient (Wildman–Crippen LogP) is 6.86. The van der Waals surface area contributed by atoms with Crippen molar-refractivity contribution in [2.45, 2.75) is 96.8 Å². The Morgan fingerprint density at radius 1 is 0.750 bits per heavy atom. The number of hydrogen-bond acceptors (Lipinski definition) is 2. The van der Waals surface area contributed by atoms with Crippen molar-refractivity contribution < 1.29 is 9.53 Å². The SMILES string of the molecule is CCCCCCCCCCCCCCCc1ccccc1OC=O. The van der Waals surface area contributed by atoms with Crippen molar-refractivity contribution >= 4 is 6.47 Å². The molecule has 2 nitrogen and oxygen atoms in total. The molecule has 0 fully saturated rings. The molecule has 136 valence electrons. The monoisotopic (exact) mass is 332 g/mol. The predicted molar refractivity (Wildman–Crippen MR) is 103 cm³/mol. The van der Waals surface area contributed by atoms with Crippen LogP contribution in [0.3, 0.4) is 0 Å². The number of benzene rings is 1. The number of hydrogen-bond donors (Lipinski definition) is 0. The zero-order chi connectivity index (χ0) is 17.3. The van der Waals surface area contributed by atoms with Gasteiger partial charge in [0.25, 0.3) is 6.47 Å². The van der Waals surface area contributed by atoms with Gasteiger partial charge in [0.1, 0.15) is 5.75 Å². The standard InChI is InChI=1S/C22H36O2/c1-2-3-4-5-6-7-8-9-10-11-12-13-14-17-21-18-15-16-19-22(21)24-20-23/h15-16,18-20H,2-14,17H2,1H3. The molecule has 0 aromatic heterocycles. The summed E-state index contributed by atoms with van der Waals surface area (Å²) < 4.78 is 5.02. The highest BCUT2D eigenvalue weighted by atomic mass is 16.5. The molecule has 2 heteroatoms. The summed E-state index contributed by atoms with van der Waals surface area (Å²) in [6, 6.07) is 7.84. The second-order valence-corrected chi connectivity index (χ2v) is 6.81. The summed E-state index contributed by atoms with van der Waals surface area (Å²) in [5.74, 6) is 0.714. The third kappa shape index (κ3) is 10.5. The van der Waals surface area contributed by atoms with Crippen LogP contribution in [-0.2, 0) is 11.2 Å². The Kier molecular flexibility index (Phi) is 13.2. The molecule has 24 heavy (non-hydrogen) atoms. The zero-order valence-corrected chi connectivity index (χ0v) is 15.6. The van der Waals surface area contributed by atoms with Crippen LogP contribution < -0.4 is 4.74 Å². The van der Waals surface area contributed by atoms with E-state index in [0.29, 0.717) is 12.2 Å². The molecule has 0 saturated carbocycles.